The Morgan fingerprint density at radius 3 is 2.83 bits per heavy atom. The fourth-order valence-corrected chi connectivity index (χ4v) is 4.28. The first-order valence-electron chi connectivity index (χ1n) is 10.5. The van der Waals surface area contributed by atoms with Crippen molar-refractivity contribution in [2.45, 2.75) is 24.9 Å². The monoisotopic (exact) mass is 407 g/mol. The van der Waals surface area contributed by atoms with Gasteiger partial charge in [-0.15, -0.1) is 0 Å². The number of β-amino-alcohol motifs (C(OH)–C–C–N with tert-alkyl or cyclic N) is 1. The predicted molar refractivity (Wildman–Crippen MR) is 118 cm³/mol. The maximum atomic E-state index is 12.6. The van der Waals surface area contributed by atoms with Gasteiger partial charge in [0.1, 0.15) is 5.75 Å². The van der Waals surface area contributed by atoms with Crippen LogP contribution in [0, 0.1) is 0 Å². The van der Waals surface area contributed by atoms with Crippen molar-refractivity contribution in [1.82, 2.24) is 15.2 Å². The van der Waals surface area contributed by atoms with Gasteiger partial charge in [0.2, 0.25) is 5.91 Å². The van der Waals surface area contributed by atoms with Gasteiger partial charge in [0, 0.05) is 36.1 Å². The number of fused-ring (bicyclic) bond motifs is 1. The van der Waals surface area contributed by atoms with Crippen LogP contribution < -0.4 is 10.1 Å². The van der Waals surface area contributed by atoms with E-state index in [1.54, 1.807) is 7.11 Å². The third-order valence-electron chi connectivity index (χ3n) is 5.87. The lowest BCUT2D eigenvalue weighted by atomic mass is 9.90. The van der Waals surface area contributed by atoms with Gasteiger partial charge in [0.25, 0.3) is 0 Å². The molecule has 2 heterocycles. The lowest BCUT2D eigenvalue weighted by Gasteiger charge is -2.29. The third kappa shape index (κ3) is 4.66. The fourth-order valence-electron chi connectivity index (χ4n) is 4.28. The summed E-state index contributed by atoms with van der Waals surface area (Å²) in [7, 11) is 1.66. The van der Waals surface area contributed by atoms with Gasteiger partial charge in [0.05, 0.1) is 19.8 Å². The Hall–Kier alpha value is -2.83. The van der Waals surface area contributed by atoms with E-state index >= 15 is 0 Å². The van der Waals surface area contributed by atoms with Crippen molar-refractivity contribution in [2.24, 2.45) is 0 Å². The highest BCUT2D eigenvalue weighted by Gasteiger charge is 2.22. The van der Waals surface area contributed by atoms with E-state index in [0.29, 0.717) is 19.6 Å². The van der Waals surface area contributed by atoms with Gasteiger partial charge in [-0.2, -0.15) is 0 Å². The predicted octanol–water partition coefficient (Wildman–Crippen LogP) is 2.88. The summed E-state index contributed by atoms with van der Waals surface area (Å²) in [5.41, 5.74) is 3.36. The highest BCUT2D eigenvalue weighted by Crippen LogP contribution is 2.31. The molecule has 2 atom stereocenters. The van der Waals surface area contributed by atoms with E-state index in [2.05, 4.69) is 34.6 Å². The molecule has 1 aliphatic heterocycles. The summed E-state index contributed by atoms with van der Waals surface area (Å²) in [6, 6.07) is 16.2. The molecule has 30 heavy (non-hydrogen) atoms. The molecule has 0 radical (unpaired) electrons. The number of benzene rings is 2. The van der Waals surface area contributed by atoms with Crippen molar-refractivity contribution in [3.8, 4) is 5.75 Å². The van der Waals surface area contributed by atoms with E-state index in [4.69, 9.17) is 4.74 Å². The average Bonchev–Trinajstić information content (AvgIpc) is 3.18. The second kappa shape index (κ2) is 9.32. The van der Waals surface area contributed by atoms with Crippen LogP contribution in [-0.2, 0) is 4.79 Å². The highest BCUT2D eigenvalue weighted by atomic mass is 16.5. The zero-order valence-corrected chi connectivity index (χ0v) is 17.3. The number of aromatic nitrogens is 1. The Morgan fingerprint density at radius 2 is 2.07 bits per heavy atom. The van der Waals surface area contributed by atoms with Crippen molar-refractivity contribution in [1.29, 1.82) is 0 Å². The van der Waals surface area contributed by atoms with Gasteiger partial charge in [0.15, 0.2) is 0 Å². The number of nitrogens with zero attached hydrogens (tertiary/aromatic N) is 1. The number of methoxy groups -OCH3 is 1. The number of hydrogen-bond donors (Lipinski definition) is 3. The molecule has 0 spiro atoms. The van der Waals surface area contributed by atoms with Crippen molar-refractivity contribution in [3.05, 3.63) is 65.9 Å². The van der Waals surface area contributed by atoms with Crippen LogP contribution in [0.5, 0.6) is 5.75 Å². The topological polar surface area (TPSA) is 77.6 Å². The van der Waals surface area contributed by atoms with Gasteiger partial charge < -0.3 is 20.1 Å². The first-order valence-corrected chi connectivity index (χ1v) is 10.5. The molecule has 0 saturated carbocycles. The van der Waals surface area contributed by atoms with Gasteiger partial charge in [-0.25, -0.2) is 0 Å². The molecule has 6 heteroatoms. The van der Waals surface area contributed by atoms with Gasteiger partial charge in [-0.3, -0.25) is 9.69 Å². The number of H-pyrrole nitrogens is 1. The molecule has 3 aromatic rings. The van der Waals surface area contributed by atoms with E-state index in [1.165, 1.54) is 0 Å². The summed E-state index contributed by atoms with van der Waals surface area (Å²) in [4.78, 5) is 18.0. The maximum absolute atomic E-state index is 12.6. The quantitative estimate of drug-likeness (QED) is 0.563. The molecule has 0 bridgehead atoms. The number of likely N-dealkylation sites (tertiary alicyclic amines) is 1. The number of aromatic amines is 1. The number of rotatable bonds is 7. The van der Waals surface area contributed by atoms with E-state index in [1.807, 2.05) is 35.4 Å². The van der Waals surface area contributed by atoms with Crippen LogP contribution in [0.4, 0.5) is 0 Å². The summed E-state index contributed by atoms with van der Waals surface area (Å²) in [5.74, 6) is 0.814. The Bertz CT molecular complexity index is 983. The van der Waals surface area contributed by atoms with Crippen LogP contribution in [0.15, 0.2) is 54.7 Å². The van der Waals surface area contributed by atoms with Gasteiger partial charge in [-0.1, -0.05) is 30.3 Å². The zero-order valence-electron chi connectivity index (χ0n) is 17.3. The number of amides is 1. The van der Waals surface area contributed by atoms with E-state index < -0.39 is 0 Å². The number of nitrogens with one attached hydrogen (secondary N) is 2. The first kappa shape index (κ1) is 20.4. The van der Waals surface area contributed by atoms with E-state index in [0.717, 1.165) is 47.2 Å². The lowest BCUT2D eigenvalue weighted by Crippen LogP contribution is -2.44. The number of carbonyl (C=O) groups is 1. The molecule has 3 N–H and O–H groups in total. The molecule has 0 aliphatic carbocycles. The van der Waals surface area contributed by atoms with E-state index in [-0.39, 0.29) is 17.9 Å². The van der Waals surface area contributed by atoms with Gasteiger partial charge in [-0.05, 0) is 48.7 Å². The second-order valence-electron chi connectivity index (χ2n) is 7.95. The standard InChI is InChI=1S/C24H29N3O3/c1-30-19-10-8-17(9-11-19)21(22-14-25-23-7-3-2-6-20(22)23)13-26-24(29)16-27-12-4-5-18(28)15-27/h2-3,6-11,14,18,21,25,28H,4-5,12-13,15-16H2,1H3,(H,26,29). The summed E-state index contributed by atoms with van der Waals surface area (Å²) in [6.07, 6.45) is 3.45. The van der Waals surface area contributed by atoms with E-state index in [9.17, 15) is 9.90 Å². The second-order valence-corrected chi connectivity index (χ2v) is 7.95. The molecule has 2 aromatic carbocycles. The summed E-state index contributed by atoms with van der Waals surface area (Å²) in [5, 5.41) is 14.1. The highest BCUT2D eigenvalue weighted by molar-refractivity contribution is 5.84. The van der Waals surface area contributed by atoms with Crippen molar-refractivity contribution in [2.75, 3.05) is 33.3 Å². The number of ether oxygens (including phenoxy) is 1. The Balaban J connectivity index is 1.52. The Kier molecular flexibility index (Phi) is 6.35. The molecule has 2 unspecified atom stereocenters. The molecule has 6 nitrogen and oxygen atoms in total. The number of aliphatic hydroxyl groups is 1. The normalized spacial score (nSPS) is 18.3. The number of aliphatic hydroxyl groups excluding tert-OH is 1. The van der Waals surface area contributed by atoms with Crippen LogP contribution in [0.2, 0.25) is 0 Å². The molecular weight excluding hydrogens is 378 g/mol. The molecule has 1 aliphatic rings. The Labute approximate surface area is 176 Å². The summed E-state index contributed by atoms with van der Waals surface area (Å²) < 4.78 is 5.30. The average molecular weight is 408 g/mol. The van der Waals surface area contributed by atoms with Crippen LogP contribution >= 0.6 is 0 Å². The molecule has 1 amide bonds. The summed E-state index contributed by atoms with van der Waals surface area (Å²) >= 11 is 0. The summed E-state index contributed by atoms with van der Waals surface area (Å²) in [6.45, 7) is 2.25. The fraction of sp³-hybridized carbons (Fsp3) is 0.375. The smallest absolute Gasteiger partial charge is 0.234 e. The van der Waals surface area contributed by atoms with Crippen molar-refractivity contribution in [3.63, 3.8) is 0 Å². The zero-order chi connectivity index (χ0) is 20.9. The number of piperidine rings is 1. The molecular formula is C24H29N3O3. The minimum absolute atomic E-state index is 0.0116. The van der Waals surface area contributed by atoms with Crippen LogP contribution in [0.25, 0.3) is 10.9 Å². The van der Waals surface area contributed by atoms with Crippen molar-refractivity contribution < 1.29 is 14.6 Å². The molecule has 4 rings (SSSR count). The minimum Gasteiger partial charge on any atom is -0.497 e. The van der Waals surface area contributed by atoms with Crippen molar-refractivity contribution >= 4 is 16.8 Å². The number of para-hydroxylation sites is 1. The minimum atomic E-state index is -0.329. The molecule has 1 fully saturated rings. The Morgan fingerprint density at radius 1 is 1.27 bits per heavy atom. The van der Waals surface area contributed by atoms with Crippen LogP contribution in [0.3, 0.4) is 0 Å². The SMILES string of the molecule is COc1ccc(C(CNC(=O)CN2CCCC(O)C2)c2c[nH]c3ccccc23)cc1. The molecule has 1 aromatic heterocycles. The van der Waals surface area contributed by atoms with Gasteiger partial charge >= 0.3 is 0 Å². The largest absolute Gasteiger partial charge is 0.497 e. The maximum Gasteiger partial charge on any atom is 0.234 e. The lowest BCUT2D eigenvalue weighted by molar-refractivity contribution is -0.122. The number of carbonyl (C=O) groups excluding carboxylic acids is 1. The van der Waals surface area contributed by atoms with Crippen LogP contribution in [0.1, 0.15) is 29.9 Å². The number of hydrogen-bond acceptors (Lipinski definition) is 4. The molecule has 1 saturated heterocycles. The first-order chi connectivity index (χ1) is 14.6. The van der Waals surface area contributed by atoms with Crippen LogP contribution in [-0.4, -0.2) is 60.3 Å². The third-order valence-corrected chi connectivity index (χ3v) is 5.87. The molecule has 158 valence electrons.